The first-order valence-electron chi connectivity index (χ1n) is 12.2. The van der Waals surface area contributed by atoms with Crippen LogP contribution in [0, 0.1) is 5.92 Å². The zero-order valence-corrected chi connectivity index (χ0v) is 19.6. The molecule has 2 aliphatic rings. The first kappa shape index (κ1) is 21.4. The fourth-order valence-electron chi connectivity index (χ4n) is 5.46. The van der Waals surface area contributed by atoms with E-state index in [0.29, 0.717) is 24.5 Å². The average Bonchev–Trinajstić information content (AvgIpc) is 3.41. The van der Waals surface area contributed by atoms with Gasteiger partial charge in [0.25, 0.3) is 0 Å². The molecule has 0 bridgehead atoms. The van der Waals surface area contributed by atoms with Crippen LogP contribution < -0.4 is 10.1 Å². The Hall–Kier alpha value is -4.11. The van der Waals surface area contributed by atoms with Crippen molar-refractivity contribution in [1.29, 1.82) is 0 Å². The molecule has 0 amide bonds. The number of allylic oxidation sites excluding steroid dienone is 2. The summed E-state index contributed by atoms with van der Waals surface area (Å²) in [5.41, 5.74) is 5.87. The first-order chi connectivity index (χ1) is 17.3. The van der Waals surface area contributed by atoms with Gasteiger partial charge in [0, 0.05) is 23.4 Å². The maximum Gasteiger partial charge on any atom is 0.129 e. The number of nitrogens with one attached hydrogen (secondary N) is 1. The third kappa shape index (κ3) is 4.04. The van der Waals surface area contributed by atoms with Crippen LogP contribution in [0.4, 0.5) is 11.4 Å². The van der Waals surface area contributed by atoms with Gasteiger partial charge in [-0.3, -0.25) is 4.99 Å². The zero-order valence-electron chi connectivity index (χ0n) is 19.6. The van der Waals surface area contributed by atoms with E-state index in [1.54, 1.807) is 6.08 Å². The number of aliphatic imine (C=N–C) groups is 1. The highest BCUT2D eigenvalue weighted by Gasteiger charge is 2.37. The Morgan fingerprint density at radius 3 is 2.66 bits per heavy atom. The lowest BCUT2D eigenvalue weighted by molar-refractivity contribution is 0.363. The summed E-state index contributed by atoms with van der Waals surface area (Å²) < 4.78 is 5.93. The van der Waals surface area contributed by atoms with Crippen molar-refractivity contribution in [3.05, 3.63) is 126 Å². The second-order valence-corrected chi connectivity index (χ2v) is 9.21. The molecule has 172 valence electrons. The standard InChI is InChI=1S/C32H28N2O/c1-2-20-35-31-19-16-22-8-3-4-9-25(22)29(31)21-33-24-17-14-23(15-18-24)32-28-12-7-11-26(28)27-10-5-6-13-30(27)34-32/h2-11,13-19,21,26,28,32,34H,1,12,20H2/t26-,28-,32-/m0/s1. The summed E-state index contributed by atoms with van der Waals surface area (Å²) in [4.78, 5) is 4.82. The molecule has 3 heteroatoms. The summed E-state index contributed by atoms with van der Waals surface area (Å²) in [5.74, 6) is 1.84. The number of hydrogen-bond acceptors (Lipinski definition) is 3. The van der Waals surface area contributed by atoms with E-state index in [1.807, 2.05) is 24.4 Å². The Balaban J connectivity index is 1.28. The SMILES string of the molecule is C=CCOc1ccc2ccccc2c1C=Nc1ccc([C@@H]2Nc3ccccc3[C@@H]3C=CC[C@@H]32)cc1. The van der Waals surface area contributed by atoms with Crippen molar-refractivity contribution in [2.24, 2.45) is 10.9 Å². The van der Waals surface area contributed by atoms with Crippen LogP contribution in [0.2, 0.25) is 0 Å². The molecular formula is C32H28N2O. The molecule has 0 fully saturated rings. The third-order valence-corrected chi connectivity index (χ3v) is 7.15. The topological polar surface area (TPSA) is 33.6 Å². The number of rotatable bonds is 6. The van der Waals surface area contributed by atoms with Gasteiger partial charge in [-0.05, 0) is 58.5 Å². The van der Waals surface area contributed by atoms with E-state index >= 15 is 0 Å². The fraction of sp³-hybridized carbons (Fsp3) is 0.156. The minimum Gasteiger partial charge on any atom is -0.489 e. The van der Waals surface area contributed by atoms with Crippen molar-refractivity contribution >= 4 is 28.4 Å². The minimum atomic E-state index is 0.292. The number of para-hydroxylation sites is 1. The predicted molar refractivity (Wildman–Crippen MR) is 146 cm³/mol. The lowest BCUT2D eigenvalue weighted by Crippen LogP contribution is -2.28. The monoisotopic (exact) mass is 456 g/mol. The molecule has 3 atom stereocenters. The van der Waals surface area contributed by atoms with Crippen LogP contribution in [-0.4, -0.2) is 12.8 Å². The molecule has 1 aliphatic heterocycles. The Labute approximate surface area is 206 Å². The van der Waals surface area contributed by atoms with Crippen LogP contribution in [0.25, 0.3) is 10.8 Å². The van der Waals surface area contributed by atoms with E-state index in [0.717, 1.165) is 28.8 Å². The summed E-state index contributed by atoms with van der Waals surface area (Å²) >= 11 is 0. The van der Waals surface area contributed by atoms with Gasteiger partial charge in [0.1, 0.15) is 12.4 Å². The number of hydrogen-bond donors (Lipinski definition) is 1. The maximum absolute atomic E-state index is 5.93. The first-order valence-corrected chi connectivity index (χ1v) is 12.2. The van der Waals surface area contributed by atoms with Crippen molar-refractivity contribution in [3.8, 4) is 5.75 Å². The summed E-state index contributed by atoms with van der Waals surface area (Å²) in [7, 11) is 0. The molecule has 0 spiro atoms. The van der Waals surface area contributed by atoms with Gasteiger partial charge in [0.05, 0.1) is 11.7 Å². The molecule has 0 radical (unpaired) electrons. The minimum absolute atomic E-state index is 0.292. The lowest BCUT2D eigenvalue weighted by atomic mass is 9.77. The summed E-state index contributed by atoms with van der Waals surface area (Å²) in [5, 5.41) is 6.10. The van der Waals surface area contributed by atoms with Crippen LogP contribution in [0.3, 0.4) is 0 Å². The second kappa shape index (κ2) is 9.27. The van der Waals surface area contributed by atoms with Gasteiger partial charge in [-0.15, -0.1) is 0 Å². The van der Waals surface area contributed by atoms with Gasteiger partial charge in [0.2, 0.25) is 0 Å². The van der Waals surface area contributed by atoms with E-state index in [2.05, 4.69) is 90.8 Å². The Morgan fingerprint density at radius 2 is 1.77 bits per heavy atom. The van der Waals surface area contributed by atoms with Crippen LogP contribution in [0.1, 0.15) is 35.1 Å². The number of benzene rings is 4. The molecule has 4 aromatic rings. The van der Waals surface area contributed by atoms with Crippen molar-refractivity contribution in [3.63, 3.8) is 0 Å². The Morgan fingerprint density at radius 1 is 0.943 bits per heavy atom. The van der Waals surface area contributed by atoms with Crippen LogP contribution in [-0.2, 0) is 0 Å². The number of fused-ring (bicyclic) bond motifs is 4. The van der Waals surface area contributed by atoms with Crippen molar-refractivity contribution in [2.45, 2.75) is 18.4 Å². The molecule has 0 aromatic heterocycles. The van der Waals surface area contributed by atoms with Gasteiger partial charge in [-0.1, -0.05) is 85.5 Å². The lowest BCUT2D eigenvalue weighted by Gasteiger charge is -2.37. The fourth-order valence-corrected chi connectivity index (χ4v) is 5.46. The van der Waals surface area contributed by atoms with E-state index < -0.39 is 0 Å². The van der Waals surface area contributed by atoms with Gasteiger partial charge < -0.3 is 10.1 Å². The van der Waals surface area contributed by atoms with Crippen molar-refractivity contribution < 1.29 is 4.74 Å². The molecule has 3 nitrogen and oxygen atoms in total. The highest BCUT2D eigenvalue weighted by molar-refractivity contribution is 6.03. The number of ether oxygens (including phenoxy) is 1. The molecule has 0 saturated carbocycles. The van der Waals surface area contributed by atoms with Gasteiger partial charge in [-0.2, -0.15) is 0 Å². The van der Waals surface area contributed by atoms with Gasteiger partial charge >= 0.3 is 0 Å². The van der Waals surface area contributed by atoms with Crippen molar-refractivity contribution in [2.75, 3.05) is 11.9 Å². The maximum atomic E-state index is 5.93. The zero-order chi connectivity index (χ0) is 23.6. The Bertz CT molecular complexity index is 1430. The van der Waals surface area contributed by atoms with Crippen molar-refractivity contribution in [1.82, 2.24) is 0 Å². The summed E-state index contributed by atoms with van der Waals surface area (Å²) in [6, 6.07) is 30.1. The molecule has 1 N–H and O–H groups in total. The van der Waals surface area contributed by atoms with Crippen LogP contribution in [0.15, 0.2) is 115 Å². The highest BCUT2D eigenvalue weighted by Crippen LogP contribution is 2.49. The van der Waals surface area contributed by atoms with Crippen LogP contribution in [0.5, 0.6) is 5.75 Å². The highest BCUT2D eigenvalue weighted by atomic mass is 16.5. The van der Waals surface area contributed by atoms with E-state index in [4.69, 9.17) is 9.73 Å². The van der Waals surface area contributed by atoms with E-state index in [9.17, 15) is 0 Å². The van der Waals surface area contributed by atoms with Crippen LogP contribution >= 0.6 is 0 Å². The molecule has 0 saturated heterocycles. The molecule has 4 aromatic carbocycles. The molecule has 6 rings (SSSR count). The summed E-state index contributed by atoms with van der Waals surface area (Å²) in [6.07, 6.45) is 9.50. The number of nitrogens with zero attached hydrogens (tertiary/aromatic N) is 1. The molecular weight excluding hydrogens is 428 g/mol. The molecule has 1 heterocycles. The predicted octanol–water partition coefficient (Wildman–Crippen LogP) is 7.98. The largest absolute Gasteiger partial charge is 0.489 e. The average molecular weight is 457 g/mol. The normalized spacial score (nSPS) is 20.4. The quantitative estimate of drug-likeness (QED) is 0.236. The second-order valence-electron chi connectivity index (χ2n) is 9.21. The van der Waals surface area contributed by atoms with Gasteiger partial charge in [-0.25, -0.2) is 0 Å². The Kier molecular flexibility index (Phi) is 5.67. The molecule has 1 aliphatic carbocycles. The summed E-state index contributed by atoms with van der Waals surface area (Å²) in [6.45, 7) is 4.23. The molecule has 35 heavy (non-hydrogen) atoms. The molecule has 0 unspecified atom stereocenters. The third-order valence-electron chi connectivity index (χ3n) is 7.15. The number of anilines is 1. The van der Waals surface area contributed by atoms with Gasteiger partial charge in [0.15, 0.2) is 0 Å². The van der Waals surface area contributed by atoms with E-state index in [-0.39, 0.29) is 0 Å². The van der Waals surface area contributed by atoms with E-state index in [1.165, 1.54) is 22.2 Å². The smallest absolute Gasteiger partial charge is 0.129 e.